The van der Waals surface area contributed by atoms with Crippen LogP contribution in [-0.4, -0.2) is 40.7 Å². The first-order chi connectivity index (χ1) is 17.8. The number of aliphatic imine (C=N–C) groups is 1. The highest BCUT2D eigenvalue weighted by Crippen LogP contribution is 2.38. The number of ether oxygens (including phenoxy) is 2. The van der Waals surface area contributed by atoms with E-state index < -0.39 is 5.97 Å². The Balaban J connectivity index is 1.60. The zero-order valence-electron chi connectivity index (χ0n) is 19.9. The Hall–Kier alpha value is -3.02. The zero-order valence-corrected chi connectivity index (χ0v) is 23.6. The number of carboxylic acid groups (broad SMARTS) is 1. The Labute approximate surface area is 237 Å². The summed E-state index contributed by atoms with van der Waals surface area (Å²) in [6.07, 6.45) is 1.78. The molecule has 3 aromatic carbocycles. The van der Waals surface area contributed by atoms with E-state index in [1.807, 2.05) is 43.3 Å². The Bertz CT molecular complexity index is 1430. The van der Waals surface area contributed by atoms with Crippen LogP contribution in [0.5, 0.6) is 11.5 Å². The van der Waals surface area contributed by atoms with Crippen LogP contribution in [0.3, 0.4) is 0 Å². The van der Waals surface area contributed by atoms with Crippen LogP contribution in [-0.2, 0) is 11.4 Å². The molecule has 7 nitrogen and oxygen atoms in total. The molecule has 0 spiro atoms. The highest BCUT2D eigenvalue weighted by atomic mass is 127. The number of nitrogens with zero attached hydrogens (tertiary/aromatic N) is 2. The Kier molecular flexibility index (Phi) is 8.78. The van der Waals surface area contributed by atoms with Gasteiger partial charge in [0.15, 0.2) is 16.7 Å². The number of aromatic carboxylic acids is 1. The van der Waals surface area contributed by atoms with Crippen LogP contribution in [0, 0.1) is 3.57 Å². The van der Waals surface area contributed by atoms with Crippen LogP contribution in [0.25, 0.3) is 6.08 Å². The van der Waals surface area contributed by atoms with Crippen molar-refractivity contribution in [2.45, 2.75) is 13.5 Å². The summed E-state index contributed by atoms with van der Waals surface area (Å²) in [5, 5.41) is 10.3. The largest absolute Gasteiger partial charge is 0.490 e. The van der Waals surface area contributed by atoms with E-state index in [-0.39, 0.29) is 18.1 Å². The van der Waals surface area contributed by atoms with Gasteiger partial charge in [-0.2, -0.15) is 0 Å². The molecular weight excluding hydrogens is 627 g/mol. The van der Waals surface area contributed by atoms with Gasteiger partial charge in [-0.3, -0.25) is 9.69 Å². The maximum absolute atomic E-state index is 12.9. The molecule has 0 aliphatic carbocycles. The third kappa shape index (κ3) is 6.46. The summed E-state index contributed by atoms with van der Waals surface area (Å²) < 4.78 is 12.8. The fourth-order valence-electron chi connectivity index (χ4n) is 3.46. The summed E-state index contributed by atoms with van der Waals surface area (Å²) in [7, 11) is 1.64. The van der Waals surface area contributed by atoms with Crippen molar-refractivity contribution in [3.63, 3.8) is 0 Å². The number of hydrogen-bond donors (Lipinski definition) is 1. The molecule has 37 heavy (non-hydrogen) atoms. The highest BCUT2D eigenvalue weighted by molar-refractivity contribution is 14.1. The van der Waals surface area contributed by atoms with E-state index in [1.54, 1.807) is 25.3 Å². The van der Waals surface area contributed by atoms with Gasteiger partial charge in [-0.15, -0.1) is 0 Å². The number of halogens is 2. The van der Waals surface area contributed by atoms with Crippen molar-refractivity contribution >= 4 is 74.8 Å². The van der Waals surface area contributed by atoms with Crippen LogP contribution in [0.4, 0.5) is 5.69 Å². The monoisotopic (exact) mass is 648 g/mol. The molecule has 1 heterocycles. The molecule has 1 fully saturated rings. The minimum absolute atomic E-state index is 0.129. The predicted molar refractivity (Wildman–Crippen MR) is 155 cm³/mol. The number of hydrogen-bond acceptors (Lipinski definition) is 6. The molecule has 1 saturated heterocycles. The van der Waals surface area contributed by atoms with Gasteiger partial charge in [-0.1, -0.05) is 35.9 Å². The molecule has 0 atom stereocenters. The van der Waals surface area contributed by atoms with E-state index in [0.717, 1.165) is 14.7 Å². The van der Waals surface area contributed by atoms with Gasteiger partial charge in [-0.25, -0.2) is 9.79 Å². The summed E-state index contributed by atoms with van der Waals surface area (Å²) in [5.74, 6) is -0.0700. The second kappa shape index (κ2) is 12.0. The number of carboxylic acids is 1. The van der Waals surface area contributed by atoms with Crippen LogP contribution in [0.1, 0.15) is 28.4 Å². The number of carbonyl (C=O) groups is 2. The topological polar surface area (TPSA) is 88.4 Å². The van der Waals surface area contributed by atoms with E-state index in [4.69, 9.17) is 21.1 Å². The first-order valence-corrected chi connectivity index (χ1v) is 13.5. The lowest BCUT2D eigenvalue weighted by molar-refractivity contribution is -0.121. The number of amides is 1. The molecule has 10 heteroatoms. The van der Waals surface area contributed by atoms with Crippen LogP contribution < -0.4 is 9.47 Å². The molecule has 4 rings (SSSR count). The molecule has 0 bridgehead atoms. The molecule has 0 unspecified atom stereocenters. The first kappa shape index (κ1) is 27.0. The summed E-state index contributed by atoms with van der Waals surface area (Å²) in [5.41, 5.74) is 2.22. The number of thioether (sulfide) groups is 1. The van der Waals surface area contributed by atoms with E-state index >= 15 is 0 Å². The van der Waals surface area contributed by atoms with Crippen molar-refractivity contribution in [2.24, 2.45) is 4.99 Å². The number of likely N-dealkylation sites (N-methyl/N-ethyl adjacent to an activating group) is 1. The van der Waals surface area contributed by atoms with Gasteiger partial charge in [-0.05, 0) is 89.3 Å². The van der Waals surface area contributed by atoms with E-state index in [1.165, 1.54) is 28.8 Å². The van der Waals surface area contributed by atoms with Crippen LogP contribution >= 0.6 is 46.0 Å². The third-order valence-electron chi connectivity index (χ3n) is 5.28. The molecule has 190 valence electrons. The molecule has 0 radical (unpaired) electrons. The molecule has 0 aromatic heterocycles. The smallest absolute Gasteiger partial charge is 0.335 e. The van der Waals surface area contributed by atoms with Gasteiger partial charge in [0.1, 0.15) is 6.61 Å². The van der Waals surface area contributed by atoms with Crippen LogP contribution in [0.2, 0.25) is 5.02 Å². The van der Waals surface area contributed by atoms with Crippen molar-refractivity contribution in [2.75, 3.05) is 13.7 Å². The quantitative estimate of drug-likeness (QED) is 0.212. The number of carbonyl (C=O) groups excluding carboxylic acids is 1. The zero-order chi connectivity index (χ0) is 26.5. The standard InChI is InChI=1S/C27H22ClIN2O5S/c1-3-35-22-12-16(11-21(29)24(22)36-15-18-7-4-5-10-20(18)28)13-23-25(32)31(2)27(37-23)30-19-9-6-8-17(14-19)26(33)34/h4-14H,3,15H2,1-2H3,(H,33,34)/b23-13-,30-27?. The molecule has 1 aliphatic heterocycles. The van der Waals surface area contributed by atoms with Gasteiger partial charge in [0.05, 0.1) is 26.3 Å². The third-order valence-corrected chi connectivity index (χ3v) is 7.51. The van der Waals surface area contributed by atoms with Crippen molar-refractivity contribution < 1.29 is 24.2 Å². The normalized spacial score (nSPS) is 15.5. The minimum Gasteiger partial charge on any atom is -0.490 e. The highest BCUT2D eigenvalue weighted by Gasteiger charge is 2.30. The number of benzene rings is 3. The lowest BCUT2D eigenvalue weighted by Gasteiger charge is -2.15. The molecule has 3 aromatic rings. The SMILES string of the molecule is CCOc1cc(/C=C2\SC(=Nc3cccc(C(=O)O)c3)N(C)C2=O)cc(I)c1OCc1ccccc1Cl. The van der Waals surface area contributed by atoms with E-state index in [2.05, 4.69) is 27.6 Å². The molecule has 1 amide bonds. The number of rotatable bonds is 8. The lowest BCUT2D eigenvalue weighted by Crippen LogP contribution is -2.23. The fourth-order valence-corrected chi connectivity index (χ4v) is 5.42. The Morgan fingerprint density at radius 3 is 2.68 bits per heavy atom. The maximum atomic E-state index is 12.9. The average Bonchev–Trinajstić information content (AvgIpc) is 3.12. The fraction of sp³-hybridized carbons (Fsp3) is 0.148. The van der Waals surface area contributed by atoms with E-state index in [9.17, 15) is 14.7 Å². The van der Waals surface area contributed by atoms with Crippen molar-refractivity contribution in [1.82, 2.24) is 4.90 Å². The summed E-state index contributed by atoms with van der Waals surface area (Å²) in [6.45, 7) is 2.63. The summed E-state index contributed by atoms with van der Waals surface area (Å²) >= 11 is 9.67. The average molecular weight is 649 g/mol. The van der Waals surface area contributed by atoms with Crippen molar-refractivity contribution in [1.29, 1.82) is 0 Å². The lowest BCUT2D eigenvalue weighted by atomic mass is 10.1. The number of amidine groups is 1. The Morgan fingerprint density at radius 1 is 1.16 bits per heavy atom. The van der Waals surface area contributed by atoms with Crippen molar-refractivity contribution in [3.05, 3.63) is 90.9 Å². The molecule has 1 N–H and O–H groups in total. The van der Waals surface area contributed by atoms with E-state index in [0.29, 0.717) is 38.9 Å². The van der Waals surface area contributed by atoms with Crippen LogP contribution in [0.15, 0.2) is 70.6 Å². The second-order valence-electron chi connectivity index (χ2n) is 7.87. The molecule has 0 saturated carbocycles. The van der Waals surface area contributed by atoms with Crippen molar-refractivity contribution in [3.8, 4) is 11.5 Å². The van der Waals surface area contributed by atoms with Gasteiger partial charge < -0.3 is 14.6 Å². The molecule has 1 aliphatic rings. The minimum atomic E-state index is -1.04. The first-order valence-electron chi connectivity index (χ1n) is 11.2. The maximum Gasteiger partial charge on any atom is 0.335 e. The summed E-state index contributed by atoms with van der Waals surface area (Å²) in [4.78, 5) is 30.6. The van der Waals surface area contributed by atoms with Gasteiger partial charge in [0.25, 0.3) is 5.91 Å². The van der Waals surface area contributed by atoms with Gasteiger partial charge in [0.2, 0.25) is 0 Å². The second-order valence-corrected chi connectivity index (χ2v) is 10.4. The summed E-state index contributed by atoms with van der Waals surface area (Å²) in [6, 6.07) is 17.5. The molecular formula is C27H22ClIN2O5S. The predicted octanol–water partition coefficient (Wildman–Crippen LogP) is 6.85. The van der Waals surface area contributed by atoms with Gasteiger partial charge in [0, 0.05) is 17.6 Å². The van der Waals surface area contributed by atoms with Gasteiger partial charge >= 0.3 is 5.97 Å². The Morgan fingerprint density at radius 2 is 1.95 bits per heavy atom.